The molecule has 2 aliphatic rings. The lowest BCUT2D eigenvalue weighted by molar-refractivity contribution is 0.152. The van der Waals surface area contributed by atoms with Crippen LogP contribution < -0.4 is 5.84 Å². The Morgan fingerprint density at radius 3 is 2.25 bits per heavy atom. The standard InChI is InChI=1S/C10H20N2/c11-12(8-9-6-7-9)10-4-2-1-3-5-10/h9-10H,1-8,11H2. The van der Waals surface area contributed by atoms with E-state index in [4.69, 9.17) is 5.84 Å². The second-order valence-corrected chi connectivity index (χ2v) is 4.43. The normalized spacial score (nSPS) is 26.5. The fourth-order valence-corrected chi connectivity index (χ4v) is 2.16. The minimum absolute atomic E-state index is 0.708. The van der Waals surface area contributed by atoms with Gasteiger partial charge in [-0.25, -0.2) is 5.01 Å². The average Bonchev–Trinajstić information content (AvgIpc) is 2.90. The Morgan fingerprint density at radius 2 is 1.67 bits per heavy atom. The second-order valence-electron chi connectivity index (χ2n) is 4.43. The zero-order valence-corrected chi connectivity index (χ0v) is 7.84. The monoisotopic (exact) mass is 168 g/mol. The maximum atomic E-state index is 6.02. The van der Waals surface area contributed by atoms with Crippen LogP contribution in [0.4, 0.5) is 0 Å². The van der Waals surface area contributed by atoms with E-state index in [9.17, 15) is 0 Å². The number of nitrogens with two attached hydrogens (primary N) is 1. The molecule has 0 spiro atoms. The first kappa shape index (κ1) is 8.52. The van der Waals surface area contributed by atoms with Gasteiger partial charge in [0.05, 0.1) is 0 Å². The highest BCUT2D eigenvalue weighted by atomic mass is 15.4. The summed E-state index contributed by atoms with van der Waals surface area (Å²) in [6.45, 7) is 1.16. The third-order valence-electron chi connectivity index (χ3n) is 3.21. The maximum absolute atomic E-state index is 6.02. The van der Waals surface area contributed by atoms with Gasteiger partial charge in [-0.15, -0.1) is 0 Å². The molecule has 0 heterocycles. The van der Waals surface area contributed by atoms with Crippen molar-refractivity contribution in [1.29, 1.82) is 0 Å². The van der Waals surface area contributed by atoms with Gasteiger partial charge in [-0.05, 0) is 31.6 Å². The molecule has 2 rings (SSSR count). The van der Waals surface area contributed by atoms with Crippen LogP contribution in [0, 0.1) is 5.92 Å². The van der Waals surface area contributed by atoms with Crippen molar-refractivity contribution in [3.05, 3.63) is 0 Å². The lowest BCUT2D eigenvalue weighted by Gasteiger charge is -2.30. The highest BCUT2D eigenvalue weighted by Gasteiger charge is 2.26. The molecule has 0 aromatic rings. The molecule has 2 N–H and O–H groups in total. The molecule has 12 heavy (non-hydrogen) atoms. The summed E-state index contributed by atoms with van der Waals surface area (Å²) in [5, 5.41) is 2.12. The summed E-state index contributed by atoms with van der Waals surface area (Å²) < 4.78 is 0. The fraction of sp³-hybridized carbons (Fsp3) is 1.00. The van der Waals surface area contributed by atoms with Gasteiger partial charge in [0.1, 0.15) is 0 Å². The first-order valence-electron chi connectivity index (χ1n) is 5.37. The third-order valence-corrected chi connectivity index (χ3v) is 3.21. The molecule has 0 aromatic carbocycles. The largest absolute Gasteiger partial charge is 0.269 e. The van der Waals surface area contributed by atoms with Crippen molar-refractivity contribution < 1.29 is 0 Å². The molecule has 2 fully saturated rings. The highest BCUT2D eigenvalue weighted by Crippen LogP contribution is 2.31. The summed E-state index contributed by atoms with van der Waals surface area (Å²) in [7, 11) is 0. The minimum Gasteiger partial charge on any atom is -0.269 e. The molecule has 0 saturated heterocycles. The van der Waals surface area contributed by atoms with Crippen LogP contribution >= 0.6 is 0 Å². The Kier molecular flexibility index (Phi) is 2.66. The van der Waals surface area contributed by atoms with E-state index in [-0.39, 0.29) is 0 Å². The molecule has 0 bridgehead atoms. The zero-order chi connectivity index (χ0) is 8.39. The van der Waals surface area contributed by atoms with E-state index < -0.39 is 0 Å². The fourth-order valence-electron chi connectivity index (χ4n) is 2.16. The number of rotatable bonds is 3. The first-order valence-corrected chi connectivity index (χ1v) is 5.37. The molecule has 2 heteroatoms. The molecular formula is C10H20N2. The molecule has 0 atom stereocenters. The van der Waals surface area contributed by atoms with Gasteiger partial charge in [0.2, 0.25) is 0 Å². The Hall–Kier alpha value is -0.0800. The summed E-state index contributed by atoms with van der Waals surface area (Å²) in [4.78, 5) is 0. The lowest BCUT2D eigenvalue weighted by Crippen LogP contribution is -2.43. The van der Waals surface area contributed by atoms with Crippen LogP contribution in [0.5, 0.6) is 0 Å². The minimum atomic E-state index is 0.708. The van der Waals surface area contributed by atoms with Crippen molar-refractivity contribution in [2.45, 2.75) is 51.0 Å². The van der Waals surface area contributed by atoms with E-state index in [1.54, 1.807) is 0 Å². The van der Waals surface area contributed by atoms with Crippen LogP contribution in [0.3, 0.4) is 0 Å². The summed E-state index contributed by atoms with van der Waals surface area (Å²) >= 11 is 0. The van der Waals surface area contributed by atoms with Crippen LogP contribution in [0.1, 0.15) is 44.9 Å². The predicted molar refractivity (Wildman–Crippen MR) is 50.5 cm³/mol. The van der Waals surface area contributed by atoms with Crippen molar-refractivity contribution in [2.24, 2.45) is 11.8 Å². The van der Waals surface area contributed by atoms with Crippen LogP contribution in [0.15, 0.2) is 0 Å². The van der Waals surface area contributed by atoms with Crippen molar-refractivity contribution in [1.82, 2.24) is 5.01 Å². The molecule has 0 amide bonds. The summed E-state index contributed by atoms with van der Waals surface area (Å²) in [5.41, 5.74) is 0. The van der Waals surface area contributed by atoms with Crippen LogP contribution in [-0.4, -0.2) is 17.6 Å². The molecule has 2 saturated carbocycles. The Morgan fingerprint density at radius 1 is 1.00 bits per heavy atom. The van der Waals surface area contributed by atoms with Crippen molar-refractivity contribution in [3.63, 3.8) is 0 Å². The smallest absolute Gasteiger partial charge is 0.0241 e. The van der Waals surface area contributed by atoms with Gasteiger partial charge < -0.3 is 0 Å². The quantitative estimate of drug-likeness (QED) is 0.515. The van der Waals surface area contributed by atoms with Crippen molar-refractivity contribution >= 4 is 0 Å². The van der Waals surface area contributed by atoms with Crippen molar-refractivity contribution in [2.75, 3.05) is 6.54 Å². The zero-order valence-electron chi connectivity index (χ0n) is 7.84. The first-order chi connectivity index (χ1) is 5.86. The number of hydrogen-bond acceptors (Lipinski definition) is 2. The number of hydrogen-bond donors (Lipinski definition) is 1. The van der Waals surface area contributed by atoms with Crippen LogP contribution in [-0.2, 0) is 0 Å². The van der Waals surface area contributed by atoms with Gasteiger partial charge in [-0.3, -0.25) is 5.84 Å². The van der Waals surface area contributed by atoms with E-state index in [1.807, 2.05) is 0 Å². The molecule has 2 aliphatic carbocycles. The topological polar surface area (TPSA) is 29.3 Å². The maximum Gasteiger partial charge on any atom is 0.0241 e. The van der Waals surface area contributed by atoms with E-state index in [0.717, 1.165) is 12.5 Å². The molecule has 2 nitrogen and oxygen atoms in total. The molecule has 0 aromatic heterocycles. The Balaban J connectivity index is 1.72. The third kappa shape index (κ3) is 2.20. The van der Waals surface area contributed by atoms with Gasteiger partial charge in [0.25, 0.3) is 0 Å². The van der Waals surface area contributed by atoms with E-state index >= 15 is 0 Å². The molecule has 0 aliphatic heterocycles. The Labute approximate surface area is 75.1 Å². The van der Waals surface area contributed by atoms with E-state index in [2.05, 4.69) is 5.01 Å². The summed E-state index contributed by atoms with van der Waals surface area (Å²) in [6.07, 6.45) is 9.72. The van der Waals surface area contributed by atoms with Gasteiger partial charge in [-0.2, -0.15) is 0 Å². The van der Waals surface area contributed by atoms with Crippen molar-refractivity contribution in [3.8, 4) is 0 Å². The number of nitrogens with zero attached hydrogens (tertiary/aromatic N) is 1. The SMILES string of the molecule is NN(CC1CC1)C1CCCCC1. The number of hydrazine groups is 1. The van der Waals surface area contributed by atoms with Gasteiger partial charge in [-0.1, -0.05) is 19.3 Å². The van der Waals surface area contributed by atoms with Gasteiger partial charge >= 0.3 is 0 Å². The second kappa shape index (κ2) is 3.75. The van der Waals surface area contributed by atoms with Crippen LogP contribution in [0.25, 0.3) is 0 Å². The average molecular weight is 168 g/mol. The molecule has 70 valence electrons. The molecule has 0 unspecified atom stereocenters. The highest BCUT2D eigenvalue weighted by molar-refractivity contribution is 4.79. The molecular weight excluding hydrogens is 148 g/mol. The summed E-state index contributed by atoms with van der Waals surface area (Å²) in [6, 6.07) is 0.708. The van der Waals surface area contributed by atoms with Crippen LogP contribution in [0.2, 0.25) is 0 Å². The summed E-state index contributed by atoms with van der Waals surface area (Å²) in [5.74, 6) is 6.96. The predicted octanol–water partition coefficient (Wildman–Crippen LogP) is 1.90. The Bertz CT molecular complexity index is 137. The molecule has 0 radical (unpaired) electrons. The van der Waals surface area contributed by atoms with Gasteiger partial charge in [0.15, 0.2) is 0 Å². The lowest BCUT2D eigenvalue weighted by atomic mass is 9.95. The van der Waals surface area contributed by atoms with E-state index in [0.29, 0.717) is 6.04 Å². The van der Waals surface area contributed by atoms with E-state index in [1.165, 1.54) is 44.9 Å². The van der Waals surface area contributed by atoms with Gasteiger partial charge in [0, 0.05) is 12.6 Å².